The largest absolute Gasteiger partial charge is 0.326 e. The van der Waals surface area contributed by atoms with Gasteiger partial charge < -0.3 is 5.32 Å². The number of anilines is 1. The molecule has 1 amide bonds. The van der Waals surface area contributed by atoms with Gasteiger partial charge in [-0.25, -0.2) is 12.7 Å². The smallest absolute Gasteiger partial charge is 0.225 e. The topological polar surface area (TPSA) is 66.5 Å². The number of aryl methyl sites for hydroxylation is 2. The maximum absolute atomic E-state index is 12.0. The average Bonchev–Trinajstić information content (AvgIpc) is 2.36. The fourth-order valence-electron chi connectivity index (χ4n) is 2.09. The van der Waals surface area contributed by atoms with Gasteiger partial charge in [0.15, 0.2) is 0 Å². The number of nitrogens with one attached hydrogen (secondary N) is 1. The van der Waals surface area contributed by atoms with Crippen molar-refractivity contribution in [2.24, 2.45) is 0 Å². The second-order valence-corrected chi connectivity index (χ2v) is 7.26. The summed E-state index contributed by atoms with van der Waals surface area (Å²) in [5.74, 6) is -0.174. The Balaban J connectivity index is 2.61. The van der Waals surface area contributed by atoms with Crippen LogP contribution in [-0.4, -0.2) is 38.0 Å². The fraction of sp³-hybridized carbons (Fsp3) is 0.533. The van der Waals surface area contributed by atoms with Crippen molar-refractivity contribution in [3.63, 3.8) is 0 Å². The Hall–Kier alpha value is -1.40. The van der Waals surface area contributed by atoms with Crippen molar-refractivity contribution in [3.05, 3.63) is 29.3 Å². The molecule has 0 aliphatic rings. The van der Waals surface area contributed by atoms with Gasteiger partial charge in [-0.15, -0.1) is 0 Å². The Bertz CT molecular complexity index is 597. The van der Waals surface area contributed by atoms with Crippen molar-refractivity contribution in [3.8, 4) is 0 Å². The lowest BCUT2D eigenvalue weighted by atomic mass is 10.1. The molecule has 6 heteroatoms. The number of amides is 1. The van der Waals surface area contributed by atoms with Gasteiger partial charge in [0.25, 0.3) is 0 Å². The van der Waals surface area contributed by atoms with Crippen LogP contribution in [0.2, 0.25) is 0 Å². The van der Waals surface area contributed by atoms with E-state index >= 15 is 0 Å². The van der Waals surface area contributed by atoms with Gasteiger partial charge in [0, 0.05) is 25.2 Å². The maximum Gasteiger partial charge on any atom is 0.225 e. The number of benzene rings is 1. The van der Waals surface area contributed by atoms with Crippen LogP contribution in [0.25, 0.3) is 0 Å². The summed E-state index contributed by atoms with van der Waals surface area (Å²) in [4.78, 5) is 12.0. The van der Waals surface area contributed by atoms with Crippen LogP contribution in [0.3, 0.4) is 0 Å². The quantitative estimate of drug-likeness (QED) is 0.840. The van der Waals surface area contributed by atoms with Gasteiger partial charge >= 0.3 is 0 Å². The van der Waals surface area contributed by atoms with E-state index in [0.717, 1.165) is 23.2 Å². The third kappa shape index (κ3) is 5.85. The Labute approximate surface area is 127 Å². The molecule has 0 unspecified atom stereocenters. The minimum absolute atomic E-state index is 0.153. The zero-order valence-corrected chi connectivity index (χ0v) is 14.0. The minimum Gasteiger partial charge on any atom is -0.326 e. The van der Waals surface area contributed by atoms with Gasteiger partial charge in [0.2, 0.25) is 15.9 Å². The zero-order valence-electron chi connectivity index (χ0n) is 13.1. The molecule has 0 aromatic heterocycles. The molecule has 0 aliphatic heterocycles. The number of rotatable bonds is 7. The first-order valence-corrected chi connectivity index (χ1v) is 8.91. The van der Waals surface area contributed by atoms with Gasteiger partial charge in [0.05, 0.1) is 6.26 Å². The van der Waals surface area contributed by atoms with Gasteiger partial charge in [-0.05, 0) is 31.9 Å². The summed E-state index contributed by atoms with van der Waals surface area (Å²) in [6, 6.07) is 5.79. The first-order chi connectivity index (χ1) is 9.74. The lowest BCUT2D eigenvalue weighted by molar-refractivity contribution is -0.116. The molecule has 0 spiro atoms. The Morgan fingerprint density at radius 1 is 1.24 bits per heavy atom. The third-order valence-corrected chi connectivity index (χ3v) is 4.49. The van der Waals surface area contributed by atoms with Gasteiger partial charge in [-0.3, -0.25) is 4.79 Å². The summed E-state index contributed by atoms with van der Waals surface area (Å²) in [7, 11) is -3.26. The molecule has 0 heterocycles. The van der Waals surface area contributed by atoms with E-state index in [-0.39, 0.29) is 18.9 Å². The van der Waals surface area contributed by atoms with Crippen molar-refractivity contribution in [1.82, 2.24) is 4.31 Å². The van der Waals surface area contributed by atoms with Crippen molar-refractivity contribution in [2.75, 3.05) is 24.7 Å². The second-order valence-electron chi connectivity index (χ2n) is 5.28. The lowest BCUT2D eigenvalue weighted by Crippen LogP contribution is -2.33. The number of hydrogen-bond acceptors (Lipinski definition) is 3. The standard InChI is InChI=1S/C15H24N2O3S/c1-5-9-17(21(4,19)20)10-8-15(18)16-14-7-6-12(2)11-13(14)3/h6-7,11H,5,8-10H2,1-4H3,(H,16,18). The van der Waals surface area contributed by atoms with Crippen LogP contribution in [0.4, 0.5) is 5.69 Å². The van der Waals surface area contributed by atoms with E-state index in [2.05, 4.69) is 5.32 Å². The predicted molar refractivity (Wildman–Crippen MR) is 85.9 cm³/mol. The molecule has 118 valence electrons. The SMILES string of the molecule is CCCN(CCC(=O)Nc1ccc(C)cc1C)S(C)(=O)=O. The predicted octanol–water partition coefficient (Wildman–Crippen LogP) is 2.30. The van der Waals surface area contributed by atoms with Crippen molar-refractivity contribution < 1.29 is 13.2 Å². The second kappa shape index (κ2) is 7.56. The summed E-state index contributed by atoms with van der Waals surface area (Å²) in [5, 5.41) is 2.83. The molecule has 0 bridgehead atoms. The van der Waals surface area contributed by atoms with Crippen LogP contribution in [0.5, 0.6) is 0 Å². The summed E-state index contributed by atoms with van der Waals surface area (Å²) in [6.07, 6.45) is 2.05. The Morgan fingerprint density at radius 3 is 2.43 bits per heavy atom. The highest BCUT2D eigenvalue weighted by atomic mass is 32.2. The summed E-state index contributed by atoms with van der Waals surface area (Å²) in [6.45, 7) is 6.49. The molecule has 21 heavy (non-hydrogen) atoms. The molecule has 1 N–H and O–H groups in total. The molecule has 0 atom stereocenters. The molecule has 1 aromatic carbocycles. The number of hydrogen-bond donors (Lipinski definition) is 1. The van der Waals surface area contributed by atoms with E-state index in [1.807, 2.05) is 39.0 Å². The first kappa shape index (κ1) is 17.7. The van der Waals surface area contributed by atoms with Crippen LogP contribution < -0.4 is 5.32 Å². The number of sulfonamides is 1. The fourth-order valence-corrected chi connectivity index (χ4v) is 3.02. The molecular formula is C15H24N2O3S. The van der Waals surface area contributed by atoms with E-state index in [1.54, 1.807) is 0 Å². The van der Waals surface area contributed by atoms with Crippen LogP contribution in [0.15, 0.2) is 18.2 Å². The van der Waals surface area contributed by atoms with E-state index in [0.29, 0.717) is 6.54 Å². The van der Waals surface area contributed by atoms with Crippen LogP contribution >= 0.6 is 0 Å². The Kier molecular flexibility index (Phi) is 6.36. The Morgan fingerprint density at radius 2 is 1.90 bits per heavy atom. The average molecular weight is 312 g/mol. The van der Waals surface area contributed by atoms with Crippen molar-refractivity contribution in [1.29, 1.82) is 0 Å². The summed E-state index contributed by atoms with van der Waals surface area (Å²) >= 11 is 0. The summed E-state index contributed by atoms with van der Waals surface area (Å²) in [5.41, 5.74) is 2.90. The molecular weight excluding hydrogens is 288 g/mol. The monoisotopic (exact) mass is 312 g/mol. The first-order valence-electron chi connectivity index (χ1n) is 7.06. The van der Waals surface area contributed by atoms with Crippen LogP contribution in [-0.2, 0) is 14.8 Å². The van der Waals surface area contributed by atoms with Gasteiger partial charge in [-0.2, -0.15) is 0 Å². The van der Waals surface area contributed by atoms with Crippen molar-refractivity contribution in [2.45, 2.75) is 33.6 Å². The molecule has 1 aromatic rings. The van der Waals surface area contributed by atoms with Gasteiger partial charge in [0.1, 0.15) is 0 Å². The number of nitrogens with zero attached hydrogens (tertiary/aromatic N) is 1. The van der Waals surface area contributed by atoms with Crippen LogP contribution in [0, 0.1) is 13.8 Å². The van der Waals surface area contributed by atoms with Gasteiger partial charge in [-0.1, -0.05) is 24.6 Å². The highest BCUT2D eigenvalue weighted by molar-refractivity contribution is 7.88. The highest BCUT2D eigenvalue weighted by Gasteiger charge is 2.16. The van der Waals surface area contributed by atoms with E-state index < -0.39 is 10.0 Å². The third-order valence-electron chi connectivity index (χ3n) is 3.19. The van der Waals surface area contributed by atoms with Crippen LogP contribution in [0.1, 0.15) is 30.9 Å². The van der Waals surface area contributed by atoms with E-state index in [4.69, 9.17) is 0 Å². The molecule has 0 radical (unpaired) electrons. The number of carbonyl (C=O) groups excluding carboxylic acids is 1. The molecule has 0 saturated carbocycles. The van der Waals surface area contributed by atoms with E-state index in [9.17, 15) is 13.2 Å². The normalized spacial score (nSPS) is 11.7. The molecule has 1 rings (SSSR count). The molecule has 5 nitrogen and oxygen atoms in total. The molecule has 0 fully saturated rings. The van der Waals surface area contributed by atoms with E-state index in [1.165, 1.54) is 10.6 Å². The lowest BCUT2D eigenvalue weighted by Gasteiger charge is -2.19. The number of carbonyl (C=O) groups is 1. The minimum atomic E-state index is -3.26. The maximum atomic E-state index is 12.0. The highest BCUT2D eigenvalue weighted by Crippen LogP contribution is 2.16. The van der Waals surface area contributed by atoms with Crippen molar-refractivity contribution >= 4 is 21.6 Å². The molecule has 0 saturated heterocycles. The molecule has 0 aliphatic carbocycles. The summed E-state index contributed by atoms with van der Waals surface area (Å²) < 4.78 is 24.5. The zero-order chi connectivity index (χ0) is 16.0.